The number of para-hydroxylation sites is 1. The molecule has 1 amide bonds. The highest BCUT2D eigenvalue weighted by Crippen LogP contribution is 2.25. The lowest BCUT2D eigenvalue weighted by molar-refractivity contribution is 0.0773. The lowest BCUT2D eigenvalue weighted by Crippen LogP contribution is -2.30. The zero-order valence-electron chi connectivity index (χ0n) is 18.8. The van der Waals surface area contributed by atoms with Gasteiger partial charge in [-0.05, 0) is 52.8 Å². The molecule has 5 nitrogen and oxygen atoms in total. The van der Waals surface area contributed by atoms with Gasteiger partial charge in [0.05, 0.1) is 5.52 Å². The van der Waals surface area contributed by atoms with Gasteiger partial charge in [-0.1, -0.05) is 40.8 Å². The number of carbonyl (C=O) groups excluding carboxylic acids is 1. The summed E-state index contributed by atoms with van der Waals surface area (Å²) < 4.78 is 17.1. The van der Waals surface area contributed by atoms with Gasteiger partial charge < -0.3 is 9.45 Å². The van der Waals surface area contributed by atoms with Crippen LogP contribution in [-0.4, -0.2) is 43.9 Å². The largest absolute Gasteiger partial charge is 0.591 e. The number of aromatic nitrogens is 1. The number of rotatable bonds is 6. The quantitative estimate of drug-likeness (QED) is 0.403. The molecule has 0 N–H and O–H groups in total. The minimum absolute atomic E-state index is 0.000124. The third-order valence-electron chi connectivity index (χ3n) is 5.04. The Morgan fingerprint density at radius 3 is 2.23 bits per heavy atom. The van der Waals surface area contributed by atoms with E-state index in [1.807, 2.05) is 89.2 Å². The van der Waals surface area contributed by atoms with Crippen molar-refractivity contribution >= 4 is 33.9 Å². The predicted octanol–water partition coefficient (Wildman–Crippen LogP) is 5.02. The van der Waals surface area contributed by atoms with E-state index in [1.165, 1.54) is 0 Å². The summed E-state index contributed by atoms with van der Waals surface area (Å²) in [4.78, 5) is 19.0. The first-order chi connectivity index (χ1) is 14.8. The van der Waals surface area contributed by atoms with Crippen LogP contribution >= 0.6 is 0 Å². The standard InChI is InChI=1S/C25H29N3O2S/c1-6-28(7-2)24(29)20-15-13-19(14-16-20)23(27-31(30)25(3,4)5)21-12-8-10-18-11-9-17-26-22(18)21/h8-17H,6-7H2,1-5H3/b27-23+/t31-/m1/s1. The molecule has 3 aromatic rings. The molecule has 162 valence electrons. The van der Waals surface area contributed by atoms with Gasteiger partial charge in [-0.3, -0.25) is 9.78 Å². The summed E-state index contributed by atoms with van der Waals surface area (Å²) in [5, 5.41) is 0.988. The minimum Gasteiger partial charge on any atom is -0.591 e. The van der Waals surface area contributed by atoms with Crippen LogP contribution in [0.2, 0.25) is 0 Å². The van der Waals surface area contributed by atoms with Crippen LogP contribution < -0.4 is 0 Å². The Morgan fingerprint density at radius 2 is 1.61 bits per heavy atom. The summed E-state index contributed by atoms with van der Waals surface area (Å²) in [5.74, 6) is 0.000124. The molecule has 2 aromatic carbocycles. The third kappa shape index (κ3) is 5.14. The molecule has 31 heavy (non-hydrogen) atoms. The molecule has 1 aromatic heterocycles. The Hall–Kier alpha value is -2.70. The van der Waals surface area contributed by atoms with Gasteiger partial charge in [-0.25, -0.2) is 0 Å². The fourth-order valence-corrected chi connectivity index (χ4v) is 3.88. The molecule has 0 aliphatic heterocycles. The summed E-state index contributed by atoms with van der Waals surface area (Å²) in [6.45, 7) is 11.0. The molecule has 0 saturated carbocycles. The highest BCUT2D eigenvalue weighted by atomic mass is 32.2. The first-order valence-corrected chi connectivity index (χ1v) is 11.6. The van der Waals surface area contributed by atoms with Crippen molar-refractivity contribution in [2.75, 3.05) is 13.1 Å². The Morgan fingerprint density at radius 1 is 1.00 bits per heavy atom. The van der Waals surface area contributed by atoms with Crippen LogP contribution in [-0.2, 0) is 11.4 Å². The number of fused-ring (bicyclic) bond motifs is 1. The van der Waals surface area contributed by atoms with Crippen molar-refractivity contribution in [3.63, 3.8) is 0 Å². The van der Waals surface area contributed by atoms with E-state index in [9.17, 15) is 9.35 Å². The fourth-order valence-electron chi connectivity index (χ4n) is 3.24. The number of hydrogen-bond donors (Lipinski definition) is 0. The van der Waals surface area contributed by atoms with Gasteiger partial charge in [-0.2, -0.15) is 0 Å². The second-order valence-electron chi connectivity index (χ2n) is 8.24. The van der Waals surface area contributed by atoms with Crippen LogP contribution in [0.3, 0.4) is 0 Å². The topological polar surface area (TPSA) is 68.6 Å². The number of benzene rings is 2. The number of carbonyl (C=O) groups is 1. The van der Waals surface area contributed by atoms with E-state index in [-0.39, 0.29) is 5.91 Å². The van der Waals surface area contributed by atoms with Crippen molar-refractivity contribution < 1.29 is 9.35 Å². The number of hydrogen-bond acceptors (Lipinski definition) is 4. The zero-order chi connectivity index (χ0) is 22.6. The molecular formula is C25H29N3O2S. The lowest BCUT2D eigenvalue weighted by atomic mass is 9.98. The van der Waals surface area contributed by atoms with Crippen LogP contribution in [0.4, 0.5) is 0 Å². The molecule has 1 heterocycles. The Balaban J connectivity index is 2.12. The van der Waals surface area contributed by atoms with Crippen molar-refractivity contribution in [1.82, 2.24) is 9.88 Å². The van der Waals surface area contributed by atoms with Gasteiger partial charge in [0, 0.05) is 41.4 Å². The molecule has 0 spiro atoms. The second kappa shape index (κ2) is 9.62. The summed E-state index contributed by atoms with van der Waals surface area (Å²) in [6, 6.07) is 17.1. The summed E-state index contributed by atoms with van der Waals surface area (Å²) >= 11 is -1.45. The van der Waals surface area contributed by atoms with E-state index in [0.717, 1.165) is 22.0 Å². The highest BCUT2D eigenvalue weighted by Gasteiger charge is 2.28. The van der Waals surface area contributed by atoms with Gasteiger partial charge in [-0.15, -0.1) is 0 Å². The average molecular weight is 436 g/mol. The molecule has 0 unspecified atom stereocenters. The SMILES string of the molecule is CCN(CC)C(=O)c1ccc(/C(=N\[S@+]([O-])C(C)(C)C)c2cccc3cccnc23)cc1. The Kier molecular flexibility index (Phi) is 7.13. The highest BCUT2D eigenvalue weighted by molar-refractivity contribution is 7.91. The van der Waals surface area contributed by atoms with Crippen molar-refractivity contribution in [3.05, 3.63) is 77.5 Å². The zero-order valence-corrected chi connectivity index (χ0v) is 19.6. The van der Waals surface area contributed by atoms with E-state index in [0.29, 0.717) is 24.4 Å². The van der Waals surface area contributed by atoms with Crippen molar-refractivity contribution in [2.24, 2.45) is 4.40 Å². The van der Waals surface area contributed by atoms with Crippen LogP contribution in [0.15, 0.2) is 65.2 Å². The van der Waals surface area contributed by atoms with Crippen LogP contribution in [0.1, 0.15) is 56.1 Å². The second-order valence-corrected chi connectivity index (χ2v) is 10.1. The molecule has 0 saturated heterocycles. The lowest BCUT2D eigenvalue weighted by Gasteiger charge is -2.20. The minimum atomic E-state index is -1.45. The third-order valence-corrected chi connectivity index (χ3v) is 6.44. The molecule has 0 radical (unpaired) electrons. The predicted molar refractivity (Wildman–Crippen MR) is 129 cm³/mol. The molecule has 6 heteroatoms. The smallest absolute Gasteiger partial charge is 0.253 e. The summed E-state index contributed by atoms with van der Waals surface area (Å²) in [7, 11) is 0. The van der Waals surface area contributed by atoms with Crippen molar-refractivity contribution in [1.29, 1.82) is 0 Å². The van der Waals surface area contributed by atoms with E-state index in [4.69, 9.17) is 0 Å². The molecule has 0 bridgehead atoms. The molecule has 0 aliphatic rings. The Labute approximate surface area is 187 Å². The van der Waals surface area contributed by atoms with E-state index in [2.05, 4.69) is 9.38 Å². The van der Waals surface area contributed by atoms with E-state index < -0.39 is 16.1 Å². The monoisotopic (exact) mass is 435 g/mol. The fraction of sp³-hybridized carbons (Fsp3) is 0.320. The Bertz CT molecular complexity index is 1080. The van der Waals surface area contributed by atoms with E-state index in [1.54, 1.807) is 11.1 Å². The summed E-state index contributed by atoms with van der Waals surface area (Å²) in [5.41, 5.74) is 3.66. The van der Waals surface area contributed by atoms with Crippen molar-refractivity contribution in [3.8, 4) is 0 Å². The number of nitrogens with zero attached hydrogens (tertiary/aromatic N) is 3. The van der Waals surface area contributed by atoms with Crippen LogP contribution in [0.5, 0.6) is 0 Å². The first kappa shape index (κ1) is 23.0. The normalized spacial score (nSPS) is 13.3. The summed E-state index contributed by atoms with van der Waals surface area (Å²) in [6.07, 6.45) is 1.75. The van der Waals surface area contributed by atoms with Gasteiger partial charge in [0.1, 0.15) is 21.8 Å². The van der Waals surface area contributed by atoms with Crippen LogP contribution in [0.25, 0.3) is 10.9 Å². The van der Waals surface area contributed by atoms with Gasteiger partial charge in [0.15, 0.2) is 0 Å². The molecule has 0 aliphatic carbocycles. The molecule has 1 atom stereocenters. The van der Waals surface area contributed by atoms with E-state index >= 15 is 0 Å². The average Bonchev–Trinajstić information content (AvgIpc) is 2.77. The number of pyridine rings is 1. The van der Waals surface area contributed by atoms with Crippen molar-refractivity contribution in [2.45, 2.75) is 39.4 Å². The van der Waals surface area contributed by atoms with Gasteiger partial charge in [0.2, 0.25) is 0 Å². The van der Waals surface area contributed by atoms with Crippen LogP contribution in [0, 0.1) is 0 Å². The maximum Gasteiger partial charge on any atom is 0.253 e. The number of amides is 1. The van der Waals surface area contributed by atoms with Gasteiger partial charge >= 0.3 is 0 Å². The molecule has 0 fully saturated rings. The molecule has 3 rings (SSSR count). The first-order valence-electron chi connectivity index (χ1n) is 10.5. The maximum absolute atomic E-state index is 12.9. The van der Waals surface area contributed by atoms with Gasteiger partial charge in [0.25, 0.3) is 5.91 Å². The maximum atomic E-state index is 12.9. The molecular weight excluding hydrogens is 406 g/mol.